The van der Waals surface area contributed by atoms with Gasteiger partial charge in [0, 0.05) is 36.1 Å². The molecule has 5 aliphatic rings. The second-order valence-corrected chi connectivity index (χ2v) is 11.5. The summed E-state index contributed by atoms with van der Waals surface area (Å²) < 4.78 is 5.94. The van der Waals surface area contributed by atoms with Crippen LogP contribution in [0.2, 0.25) is 0 Å². The minimum absolute atomic E-state index is 0.197. The fourth-order valence-corrected chi connectivity index (χ4v) is 8.17. The van der Waals surface area contributed by atoms with Crippen LogP contribution < -0.4 is 5.63 Å². The first-order chi connectivity index (χ1) is 16.7. The summed E-state index contributed by atoms with van der Waals surface area (Å²) in [6.07, 6.45) is 14.3. The van der Waals surface area contributed by atoms with Crippen LogP contribution in [0.5, 0.6) is 5.75 Å². The number of aromatic hydroxyl groups is 1. The Hall–Kier alpha value is -2.11. The van der Waals surface area contributed by atoms with Crippen LogP contribution in [0, 0.1) is 11.8 Å². The van der Waals surface area contributed by atoms with Crippen molar-refractivity contribution in [3.05, 3.63) is 50.9 Å². The fraction of sp³-hybridized carbons (Fsp3) is 0.621. The number of hydrogen-bond donors (Lipinski definition) is 1. The lowest BCUT2D eigenvalue weighted by Crippen LogP contribution is -2.59. The molecule has 3 saturated heterocycles. The SMILES string of the molecule is O=c1oc2c(CN3CCCC4=CC5CC(CN6CCCC[C@H]56)[C@@H]43)c(O)ccc2c2c1CCCC2. The van der Waals surface area contributed by atoms with E-state index in [0.717, 1.165) is 66.3 Å². The molecule has 34 heavy (non-hydrogen) atoms. The average molecular weight is 461 g/mol. The van der Waals surface area contributed by atoms with E-state index in [0.29, 0.717) is 24.1 Å². The average Bonchev–Trinajstić information content (AvgIpc) is 2.86. The molecule has 1 aromatic heterocycles. The monoisotopic (exact) mass is 460 g/mol. The summed E-state index contributed by atoms with van der Waals surface area (Å²) in [4.78, 5) is 18.2. The molecule has 4 heterocycles. The molecule has 4 atom stereocenters. The molecule has 5 heteroatoms. The van der Waals surface area contributed by atoms with Gasteiger partial charge in [-0.1, -0.05) is 18.1 Å². The van der Waals surface area contributed by atoms with Gasteiger partial charge in [-0.25, -0.2) is 4.79 Å². The van der Waals surface area contributed by atoms with Crippen molar-refractivity contribution in [1.82, 2.24) is 9.80 Å². The van der Waals surface area contributed by atoms with Gasteiger partial charge in [-0.15, -0.1) is 0 Å². The minimum atomic E-state index is -0.197. The third-order valence-corrected chi connectivity index (χ3v) is 9.59. The number of likely N-dealkylation sites (tertiary alicyclic amines) is 1. The Bertz CT molecular complexity index is 1210. The first kappa shape index (κ1) is 21.2. The Morgan fingerprint density at radius 1 is 1.00 bits per heavy atom. The van der Waals surface area contributed by atoms with Crippen molar-refractivity contribution < 1.29 is 9.52 Å². The number of phenolic OH excluding ortho intramolecular Hbond substituents is 1. The van der Waals surface area contributed by atoms with Crippen LogP contribution in [0.15, 0.2) is 33.0 Å². The number of benzene rings is 1. The van der Waals surface area contributed by atoms with E-state index in [-0.39, 0.29) is 11.4 Å². The van der Waals surface area contributed by atoms with Crippen LogP contribution in [0.1, 0.15) is 68.1 Å². The van der Waals surface area contributed by atoms with E-state index in [1.54, 1.807) is 5.57 Å². The van der Waals surface area contributed by atoms with Gasteiger partial charge in [0.25, 0.3) is 0 Å². The molecule has 1 N–H and O–H groups in total. The van der Waals surface area contributed by atoms with E-state index in [2.05, 4.69) is 15.9 Å². The zero-order chi connectivity index (χ0) is 22.8. The highest BCUT2D eigenvalue weighted by molar-refractivity contribution is 5.86. The molecule has 180 valence electrons. The van der Waals surface area contributed by atoms with E-state index < -0.39 is 0 Å². The van der Waals surface area contributed by atoms with Gasteiger partial charge >= 0.3 is 5.63 Å². The van der Waals surface area contributed by atoms with E-state index in [1.807, 2.05) is 12.1 Å². The highest BCUT2D eigenvalue weighted by Crippen LogP contribution is 2.46. The van der Waals surface area contributed by atoms with E-state index in [9.17, 15) is 9.90 Å². The molecule has 2 bridgehead atoms. The summed E-state index contributed by atoms with van der Waals surface area (Å²) in [6.45, 7) is 4.16. The van der Waals surface area contributed by atoms with Crippen LogP contribution >= 0.6 is 0 Å². The molecule has 2 aromatic rings. The van der Waals surface area contributed by atoms with Gasteiger partial charge in [0.1, 0.15) is 11.3 Å². The molecule has 3 fully saturated rings. The molecule has 2 unspecified atom stereocenters. The molecular weight excluding hydrogens is 424 g/mol. The van der Waals surface area contributed by atoms with Crippen LogP contribution in [0.4, 0.5) is 0 Å². The highest BCUT2D eigenvalue weighted by atomic mass is 16.4. The molecule has 0 saturated carbocycles. The number of nitrogens with zero attached hydrogens (tertiary/aromatic N) is 2. The third kappa shape index (κ3) is 3.30. The number of aryl methyl sites for hydroxylation is 1. The van der Waals surface area contributed by atoms with Gasteiger partial charge < -0.3 is 9.52 Å². The molecule has 0 spiro atoms. The number of hydrogen-bond acceptors (Lipinski definition) is 5. The maximum atomic E-state index is 12.9. The second-order valence-electron chi connectivity index (χ2n) is 11.5. The molecule has 1 aromatic carbocycles. The zero-order valence-corrected chi connectivity index (χ0v) is 20.1. The Balaban J connectivity index is 1.26. The molecule has 5 nitrogen and oxygen atoms in total. The molecule has 0 radical (unpaired) electrons. The quantitative estimate of drug-likeness (QED) is 0.517. The summed E-state index contributed by atoms with van der Waals surface area (Å²) in [5, 5.41) is 12.0. The van der Waals surface area contributed by atoms with Crippen molar-refractivity contribution >= 4 is 11.0 Å². The molecule has 2 aliphatic carbocycles. The first-order valence-electron chi connectivity index (χ1n) is 13.7. The maximum absolute atomic E-state index is 12.9. The lowest BCUT2D eigenvalue weighted by Gasteiger charge is -2.54. The van der Waals surface area contributed by atoms with Gasteiger partial charge in [0.05, 0.1) is 5.56 Å². The molecular formula is C29H36N2O3. The van der Waals surface area contributed by atoms with E-state index >= 15 is 0 Å². The maximum Gasteiger partial charge on any atom is 0.339 e. The zero-order valence-electron chi connectivity index (χ0n) is 20.1. The van der Waals surface area contributed by atoms with Gasteiger partial charge in [-0.3, -0.25) is 9.80 Å². The predicted molar refractivity (Wildman–Crippen MR) is 133 cm³/mol. The number of phenols is 1. The number of fused-ring (bicyclic) bond motifs is 9. The topological polar surface area (TPSA) is 56.9 Å². The summed E-state index contributed by atoms with van der Waals surface area (Å²) in [6, 6.07) is 5.00. The van der Waals surface area contributed by atoms with Crippen molar-refractivity contribution in [3.8, 4) is 5.75 Å². The number of rotatable bonds is 2. The minimum Gasteiger partial charge on any atom is -0.507 e. The highest BCUT2D eigenvalue weighted by Gasteiger charge is 2.46. The third-order valence-electron chi connectivity index (χ3n) is 9.59. The van der Waals surface area contributed by atoms with Crippen LogP contribution in [0.25, 0.3) is 11.0 Å². The van der Waals surface area contributed by atoms with Crippen molar-refractivity contribution in [2.45, 2.75) is 82.8 Å². The second kappa shape index (κ2) is 8.23. The summed E-state index contributed by atoms with van der Waals surface area (Å²) >= 11 is 0. The van der Waals surface area contributed by atoms with Crippen molar-refractivity contribution in [3.63, 3.8) is 0 Å². The van der Waals surface area contributed by atoms with Gasteiger partial charge in [0.2, 0.25) is 0 Å². The Morgan fingerprint density at radius 2 is 1.88 bits per heavy atom. The largest absolute Gasteiger partial charge is 0.507 e. The van der Waals surface area contributed by atoms with Crippen molar-refractivity contribution in [2.75, 3.05) is 19.6 Å². The standard InChI is InChI=1S/C29H36N2O3/c32-26-11-10-22-21-7-1-2-8-23(21)29(33)34-28(22)24(26)17-31-13-5-6-18-14-19-15-20(27(18)31)16-30-12-4-3-9-25(19)30/h10-11,14,19-20,25,27,32H,1-9,12-13,15-17H2/t19?,20?,25-,27-/m1/s1. The van der Waals surface area contributed by atoms with Crippen LogP contribution in [-0.2, 0) is 19.4 Å². The van der Waals surface area contributed by atoms with Crippen molar-refractivity contribution in [2.24, 2.45) is 11.8 Å². The van der Waals surface area contributed by atoms with Crippen LogP contribution in [0.3, 0.4) is 0 Å². The van der Waals surface area contributed by atoms with E-state index in [4.69, 9.17) is 4.42 Å². The Kier molecular flexibility index (Phi) is 5.13. The summed E-state index contributed by atoms with van der Waals surface area (Å²) in [5.74, 6) is 1.65. The normalized spacial score (nSPS) is 31.5. The van der Waals surface area contributed by atoms with Crippen LogP contribution in [-0.4, -0.2) is 46.6 Å². The van der Waals surface area contributed by atoms with Gasteiger partial charge in [0.15, 0.2) is 0 Å². The molecule has 3 aliphatic heterocycles. The molecule has 0 amide bonds. The smallest absolute Gasteiger partial charge is 0.339 e. The Morgan fingerprint density at radius 3 is 2.79 bits per heavy atom. The molecule has 7 rings (SSSR count). The lowest BCUT2D eigenvalue weighted by molar-refractivity contribution is -0.00274. The predicted octanol–water partition coefficient (Wildman–Crippen LogP) is 4.77. The summed E-state index contributed by atoms with van der Waals surface area (Å²) in [7, 11) is 0. The van der Waals surface area contributed by atoms with Crippen molar-refractivity contribution in [1.29, 1.82) is 0 Å². The summed E-state index contributed by atoms with van der Waals surface area (Å²) in [5.41, 5.74) is 4.87. The first-order valence-corrected chi connectivity index (χ1v) is 13.7. The lowest BCUT2D eigenvalue weighted by atomic mass is 9.68. The number of piperidine rings is 3. The fourth-order valence-electron chi connectivity index (χ4n) is 8.17. The van der Waals surface area contributed by atoms with Gasteiger partial charge in [-0.05, 0) is 100 Å². The van der Waals surface area contributed by atoms with E-state index in [1.165, 1.54) is 51.6 Å². The van der Waals surface area contributed by atoms with Gasteiger partial charge in [-0.2, -0.15) is 0 Å². The Labute approximate surface area is 201 Å².